The van der Waals surface area contributed by atoms with Crippen molar-refractivity contribution in [1.82, 2.24) is 19.1 Å². The van der Waals surface area contributed by atoms with Gasteiger partial charge in [-0.2, -0.15) is 0 Å². The number of carboxylic acids is 1. The average molecular weight is 889 g/mol. The number of methoxy groups -OCH3 is 2. The van der Waals surface area contributed by atoms with Crippen molar-refractivity contribution >= 4 is 34.0 Å². The van der Waals surface area contributed by atoms with Crippen LogP contribution < -0.4 is 14.2 Å². The molecule has 0 fully saturated rings. The topological polar surface area (TPSA) is 147 Å². The fourth-order valence-corrected chi connectivity index (χ4v) is 7.61. The maximum absolute atomic E-state index is 11.2. The van der Waals surface area contributed by atoms with E-state index >= 15 is 0 Å². The molecule has 0 radical (unpaired) electrons. The fraction of sp³-hybridized carbons (Fsp3) is 0.259. The molecule has 0 atom stereocenters. The van der Waals surface area contributed by atoms with Gasteiger partial charge < -0.3 is 29.2 Å². The number of carboxylic acid groups (broad SMARTS) is 1. The summed E-state index contributed by atoms with van der Waals surface area (Å²) in [6.07, 6.45) is 5.21. The van der Waals surface area contributed by atoms with Crippen LogP contribution in [0.4, 0.5) is 0 Å². The molecule has 2 heterocycles. The molecule has 12 heteroatoms. The number of unbranched alkanes of at least 4 members (excludes halogenated alkanes) is 4. The Labute approximate surface area is 385 Å². The second-order valence-electron chi connectivity index (χ2n) is 16.0. The summed E-state index contributed by atoms with van der Waals surface area (Å²) in [7, 11) is 3.06. The molecular formula is C54H56N4O8. The number of carbonyl (C=O) groups is 2. The molecule has 2 aromatic heterocycles. The minimum Gasteiger partial charge on any atom is -0.504 e. The van der Waals surface area contributed by atoms with E-state index in [0.717, 1.165) is 88.3 Å². The van der Waals surface area contributed by atoms with Gasteiger partial charge in [-0.25, -0.2) is 9.97 Å². The predicted molar refractivity (Wildman–Crippen MR) is 258 cm³/mol. The number of aromatic nitrogens is 4. The number of nitrogens with zero attached hydrogens (tertiary/aromatic N) is 4. The summed E-state index contributed by atoms with van der Waals surface area (Å²) in [5, 5.41) is 19.3. The van der Waals surface area contributed by atoms with Gasteiger partial charge >= 0.3 is 11.9 Å². The lowest BCUT2D eigenvalue weighted by atomic mass is 10.2. The third-order valence-corrected chi connectivity index (χ3v) is 11.1. The van der Waals surface area contributed by atoms with Gasteiger partial charge in [-0.3, -0.25) is 18.7 Å². The molecule has 0 bridgehead atoms. The van der Waals surface area contributed by atoms with Gasteiger partial charge in [0, 0.05) is 59.6 Å². The van der Waals surface area contributed by atoms with Gasteiger partial charge in [0.1, 0.15) is 11.6 Å². The first-order chi connectivity index (χ1) is 32.1. The van der Waals surface area contributed by atoms with E-state index in [9.17, 15) is 14.7 Å². The summed E-state index contributed by atoms with van der Waals surface area (Å²) in [5.41, 5.74) is 9.68. The zero-order chi connectivity index (χ0) is 46.4. The normalized spacial score (nSPS) is 11.0. The number of aryl methyl sites for hydroxylation is 2. The number of hydrogen-bond donors (Lipinski definition) is 2. The summed E-state index contributed by atoms with van der Waals surface area (Å²) in [4.78, 5) is 31.7. The number of carbonyl (C=O) groups excluding carboxylic acids is 1. The molecule has 0 aliphatic carbocycles. The largest absolute Gasteiger partial charge is 0.504 e. The second kappa shape index (κ2) is 22.3. The summed E-state index contributed by atoms with van der Waals surface area (Å²) in [5.74, 6) is 2.45. The number of rotatable bonds is 19. The quantitative estimate of drug-likeness (QED) is 0.0594. The Bertz CT molecular complexity index is 2860. The molecular weight excluding hydrogens is 833 g/mol. The van der Waals surface area contributed by atoms with Crippen molar-refractivity contribution in [2.45, 2.75) is 65.2 Å². The number of fused-ring (bicyclic) bond motifs is 2. The van der Waals surface area contributed by atoms with Crippen molar-refractivity contribution in [2.24, 2.45) is 0 Å². The molecule has 340 valence electrons. The number of aliphatic carboxylic acids is 1. The van der Waals surface area contributed by atoms with Gasteiger partial charge in [0.05, 0.1) is 49.5 Å². The summed E-state index contributed by atoms with van der Waals surface area (Å²) >= 11 is 0. The van der Waals surface area contributed by atoms with E-state index in [-0.39, 0.29) is 18.1 Å². The Balaban J connectivity index is 0.000000197. The molecule has 12 nitrogen and oxygen atoms in total. The van der Waals surface area contributed by atoms with E-state index in [1.807, 2.05) is 84.3 Å². The second-order valence-corrected chi connectivity index (χ2v) is 16.0. The molecule has 0 aliphatic heterocycles. The number of hydrogen-bond acceptors (Lipinski definition) is 9. The molecule has 0 saturated carbocycles. The van der Waals surface area contributed by atoms with Gasteiger partial charge in [0.2, 0.25) is 0 Å². The van der Waals surface area contributed by atoms with Crippen molar-refractivity contribution in [2.75, 3.05) is 27.4 Å². The van der Waals surface area contributed by atoms with Crippen molar-refractivity contribution in [3.05, 3.63) is 145 Å². The van der Waals surface area contributed by atoms with Crippen LogP contribution in [0.25, 0.3) is 56.2 Å². The standard InChI is InChI=1S/C28H30N2O4.C26H26N2O4/c1-20-13-15-22(16-14-20)30-24-19-25(32-2)26(34-17-9-5-8-12-27(31)33-3)18-23(24)29-28(30)21-10-6-4-7-11-21;1-18-11-13-20(14-12-18)28-22-17-23(29)24(32-15-7-3-6-10-25(30)31)16-21(22)27-26(28)19-8-4-2-5-9-19/h4,6-7,10-11,13-16,18-19H,5,8-9,12,17H2,1-3H3;2,4-5,8-9,11-14,16-17,29H,3,6-7,10,15H2,1H3,(H,30,31). The summed E-state index contributed by atoms with van der Waals surface area (Å²) in [6.45, 7) is 5.07. The first-order valence-corrected chi connectivity index (χ1v) is 22.3. The van der Waals surface area contributed by atoms with E-state index in [2.05, 4.69) is 64.8 Å². The molecule has 0 spiro atoms. The number of phenols is 1. The highest BCUT2D eigenvalue weighted by atomic mass is 16.5. The molecule has 0 saturated heterocycles. The molecule has 0 aliphatic rings. The van der Waals surface area contributed by atoms with Crippen molar-refractivity contribution in [3.63, 3.8) is 0 Å². The van der Waals surface area contributed by atoms with E-state index in [1.54, 1.807) is 19.2 Å². The predicted octanol–water partition coefficient (Wildman–Crippen LogP) is 11.9. The molecule has 66 heavy (non-hydrogen) atoms. The lowest BCUT2D eigenvalue weighted by Gasteiger charge is -2.13. The SMILES string of the molecule is COC(=O)CCCCCOc1cc2nc(-c3ccccc3)n(-c3ccc(C)cc3)c2cc1OC.Cc1ccc(-n2c(-c3ccccc3)nc3cc(OCCCCCC(=O)O)c(O)cc32)cc1. The number of esters is 1. The molecule has 2 N–H and O–H groups in total. The highest BCUT2D eigenvalue weighted by Crippen LogP contribution is 2.38. The van der Waals surface area contributed by atoms with Crippen molar-refractivity contribution in [1.29, 1.82) is 0 Å². The van der Waals surface area contributed by atoms with E-state index in [4.69, 9.17) is 29.3 Å². The Kier molecular flexibility index (Phi) is 15.7. The van der Waals surface area contributed by atoms with Gasteiger partial charge in [0.15, 0.2) is 23.0 Å². The fourth-order valence-electron chi connectivity index (χ4n) is 7.61. The Hall–Kier alpha value is -7.60. The van der Waals surface area contributed by atoms with E-state index in [0.29, 0.717) is 43.3 Å². The molecule has 0 unspecified atom stereocenters. The zero-order valence-corrected chi connectivity index (χ0v) is 37.9. The first kappa shape index (κ1) is 46.4. The highest BCUT2D eigenvalue weighted by Gasteiger charge is 2.20. The van der Waals surface area contributed by atoms with Crippen LogP contribution in [0.1, 0.15) is 62.5 Å². The molecule has 8 rings (SSSR count). The van der Waals surface area contributed by atoms with Crippen LogP contribution in [0.2, 0.25) is 0 Å². The monoisotopic (exact) mass is 888 g/mol. The van der Waals surface area contributed by atoms with Crippen LogP contribution in [-0.2, 0) is 14.3 Å². The smallest absolute Gasteiger partial charge is 0.305 e. The minimum absolute atomic E-state index is 0.0518. The Morgan fingerprint density at radius 3 is 1.50 bits per heavy atom. The van der Waals surface area contributed by atoms with Crippen LogP contribution in [0.5, 0.6) is 23.0 Å². The van der Waals surface area contributed by atoms with Crippen molar-refractivity contribution in [3.8, 4) is 57.1 Å². The molecule has 0 amide bonds. The third kappa shape index (κ3) is 11.6. The third-order valence-electron chi connectivity index (χ3n) is 11.1. The van der Waals surface area contributed by atoms with Gasteiger partial charge in [-0.15, -0.1) is 0 Å². The van der Waals surface area contributed by atoms with E-state index in [1.165, 1.54) is 18.2 Å². The number of aromatic hydroxyl groups is 1. The lowest BCUT2D eigenvalue weighted by molar-refractivity contribution is -0.141. The number of phenolic OH excluding ortho intramolecular Hbond substituents is 1. The van der Waals surface area contributed by atoms with Crippen LogP contribution >= 0.6 is 0 Å². The van der Waals surface area contributed by atoms with E-state index < -0.39 is 5.97 Å². The average Bonchev–Trinajstić information content (AvgIpc) is 3.90. The lowest BCUT2D eigenvalue weighted by Crippen LogP contribution is -2.02. The van der Waals surface area contributed by atoms with Crippen LogP contribution in [0, 0.1) is 13.8 Å². The van der Waals surface area contributed by atoms with Gasteiger partial charge in [-0.1, -0.05) is 96.1 Å². The number of ether oxygens (including phenoxy) is 4. The number of benzene rings is 6. The van der Waals surface area contributed by atoms with Crippen LogP contribution in [0.3, 0.4) is 0 Å². The molecule has 6 aromatic carbocycles. The maximum atomic E-state index is 11.2. The Morgan fingerprint density at radius 1 is 0.545 bits per heavy atom. The minimum atomic E-state index is -0.785. The highest BCUT2D eigenvalue weighted by molar-refractivity contribution is 5.87. The van der Waals surface area contributed by atoms with Crippen molar-refractivity contribution < 1.29 is 38.7 Å². The number of imidazole rings is 2. The Morgan fingerprint density at radius 2 is 1.02 bits per heavy atom. The van der Waals surface area contributed by atoms with Gasteiger partial charge in [0.25, 0.3) is 0 Å². The summed E-state index contributed by atoms with van der Waals surface area (Å²) in [6, 6.07) is 44.1. The molecule has 8 aromatic rings. The maximum Gasteiger partial charge on any atom is 0.305 e. The first-order valence-electron chi connectivity index (χ1n) is 22.3. The zero-order valence-electron chi connectivity index (χ0n) is 37.9. The van der Waals surface area contributed by atoms with Crippen LogP contribution in [-0.4, -0.2) is 68.7 Å². The summed E-state index contributed by atoms with van der Waals surface area (Å²) < 4.78 is 26.4. The van der Waals surface area contributed by atoms with Crippen LogP contribution in [0.15, 0.2) is 133 Å². The van der Waals surface area contributed by atoms with Gasteiger partial charge in [-0.05, 0) is 76.6 Å².